The highest BCUT2D eigenvalue weighted by atomic mass is 35.5. The van der Waals surface area contributed by atoms with E-state index >= 15 is 0 Å². The van der Waals surface area contributed by atoms with E-state index in [0.717, 1.165) is 23.3 Å². The van der Waals surface area contributed by atoms with E-state index in [-0.39, 0.29) is 16.5 Å². The molecule has 0 radical (unpaired) electrons. The summed E-state index contributed by atoms with van der Waals surface area (Å²) in [7, 11) is 0. The number of carbonyl (C=O) groups excluding carboxylic acids is 2. The fourth-order valence-electron chi connectivity index (χ4n) is 4.02. The zero-order valence-electron chi connectivity index (χ0n) is 20.5. The number of Topliss-reactive ketones (excluding diaryl/α,β-unsaturated/α-hetero) is 1. The summed E-state index contributed by atoms with van der Waals surface area (Å²) in [6, 6.07) is 14.4. The lowest BCUT2D eigenvalue weighted by molar-refractivity contribution is -0.117. The molecule has 200 valence electrons. The van der Waals surface area contributed by atoms with Crippen LogP contribution in [0, 0.1) is 0 Å². The van der Waals surface area contributed by atoms with Crippen molar-refractivity contribution in [1.82, 2.24) is 10.2 Å². The maximum atomic E-state index is 13.4. The number of halogens is 2. The van der Waals surface area contributed by atoms with Crippen LogP contribution in [0.5, 0.6) is 5.75 Å². The van der Waals surface area contributed by atoms with Gasteiger partial charge in [0.05, 0.1) is 24.5 Å². The Bertz CT molecular complexity index is 1550. The van der Waals surface area contributed by atoms with Crippen molar-refractivity contribution in [1.29, 1.82) is 0 Å². The molecule has 0 saturated carbocycles. The molecule has 1 amide bonds. The number of rotatable bonds is 10. The molecular weight excluding hydrogens is 581 g/mol. The number of anilines is 1. The second-order valence-corrected chi connectivity index (χ2v) is 11.5. The minimum atomic E-state index is -0.975. The fourth-order valence-corrected chi connectivity index (χ4v) is 6.45. The SMILES string of the molecule is CCCOc1cccc(C2C(C(=O)c3ccco3)=C(O)C(=O)N2c2nnc(SCc3ccc(Cl)cc3Cl)s2)c1. The molecule has 1 unspecified atom stereocenters. The molecule has 0 saturated heterocycles. The van der Waals surface area contributed by atoms with Gasteiger partial charge in [0.2, 0.25) is 10.9 Å². The number of ether oxygens (including phenoxy) is 1. The second kappa shape index (κ2) is 11.8. The Morgan fingerprint density at radius 1 is 1.18 bits per heavy atom. The third-order valence-corrected chi connectivity index (χ3v) is 8.50. The minimum absolute atomic E-state index is 0.00272. The molecule has 5 rings (SSSR count). The average molecular weight is 603 g/mol. The standard InChI is InChI=1S/C27H21Cl2N3O5S2/c1-2-10-36-18-6-3-5-15(12-18)22-21(23(33)20-7-4-11-37-20)24(34)25(35)32(22)26-30-31-27(39-26)38-14-16-8-9-17(28)13-19(16)29/h3-9,11-13,22,34H,2,10,14H2,1H3. The van der Waals surface area contributed by atoms with Crippen LogP contribution >= 0.6 is 46.3 Å². The number of nitrogens with zero attached hydrogens (tertiary/aromatic N) is 3. The van der Waals surface area contributed by atoms with Crippen molar-refractivity contribution < 1.29 is 23.8 Å². The average Bonchev–Trinajstić information content (AvgIpc) is 3.68. The first-order chi connectivity index (χ1) is 18.9. The van der Waals surface area contributed by atoms with Crippen LogP contribution in [0.4, 0.5) is 5.13 Å². The molecule has 4 aromatic rings. The van der Waals surface area contributed by atoms with Gasteiger partial charge in [0.15, 0.2) is 15.9 Å². The third kappa shape index (κ3) is 5.69. The summed E-state index contributed by atoms with van der Waals surface area (Å²) in [6.45, 7) is 2.50. The largest absolute Gasteiger partial charge is 0.503 e. The van der Waals surface area contributed by atoms with E-state index in [1.165, 1.54) is 29.0 Å². The smallest absolute Gasteiger partial charge is 0.296 e. The number of aliphatic hydroxyl groups excluding tert-OH is 1. The number of carbonyl (C=O) groups is 2. The summed E-state index contributed by atoms with van der Waals surface area (Å²) in [5.41, 5.74) is 1.32. The molecule has 12 heteroatoms. The van der Waals surface area contributed by atoms with E-state index in [9.17, 15) is 14.7 Å². The summed E-state index contributed by atoms with van der Waals surface area (Å²) >= 11 is 14.8. The number of amides is 1. The molecular formula is C27H21Cl2N3O5S2. The molecule has 0 spiro atoms. The Hall–Kier alpha value is -3.31. The molecule has 2 aromatic carbocycles. The van der Waals surface area contributed by atoms with Crippen molar-refractivity contribution in [3.05, 3.63) is 99.1 Å². The number of benzene rings is 2. The van der Waals surface area contributed by atoms with E-state index in [2.05, 4.69) is 10.2 Å². The van der Waals surface area contributed by atoms with Crippen molar-refractivity contribution in [2.75, 3.05) is 11.5 Å². The van der Waals surface area contributed by atoms with Crippen LogP contribution in [0.1, 0.15) is 41.1 Å². The first kappa shape index (κ1) is 27.3. The molecule has 1 aliphatic rings. The Morgan fingerprint density at radius 2 is 2.03 bits per heavy atom. The Labute approximate surface area is 242 Å². The van der Waals surface area contributed by atoms with E-state index in [1.54, 1.807) is 42.5 Å². The van der Waals surface area contributed by atoms with Crippen LogP contribution in [-0.4, -0.2) is 33.6 Å². The zero-order chi connectivity index (χ0) is 27.5. The molecule has 1 aliphatic heterocycles. The van der Waals surface area contributed by atoms with Crippen LogP contribution < -0.4 is 9.64 Å². The van der Waals surface area contributed by atoms with Crippen molar-refractivity contribution in [3.8, 4) is 5.75 Å². The number of hydrogen-bond donors (Lipinski definition) is 1. The van der Waals surface area contributed by atoms with Gasteiger partial charge in [-0.15, -0.1) is 10.2 Å². The summed E-state index contributed by atoms with van der Waals surface area (Å²) in [4.78, 5) is 28.1. The second-order valence-electron chi connectivity index (χ2n) is 8.44. The van der Waals surface area contributed by atoms with Gasteiger partial charge in [-0.3, -0.25) is 14.5 Å². The highest BCUT2D eigenvalue weighted by Crippen LogP contribution is 2.44. The Kier molecular flexibility index (Phi) is 8.27. The summed E-state index contributed by atoms with van der Waals surface area (Å²) < 4.78 is 11.6. The number of ketones is 1. The van der Waals surface area contributed by atoms with Crippen LogP contribution in [0.2, 0.25) is 10.0 Å². The summed E-state index contributed by atoms with van der Waals surface area (Å²) in [5, 5.41) is 20.7. The zero-order valence-corrected chi connectivity index (χ0v) is 23.6. The number of furan rings is 1. The topological polar surface area (TPSA) is 106 Å². The maximum absolute atomic E-state index is 13.4. The normalized spacial score (nSPS) is 15.3. The molecule has 0 bridgehead atoms. The lowest BCUT2D eigenvalue weighted by Gasteiger charge is -2.24. The van der Waals surface area contributed by atoms with Gasteiger partial charge in [-0.1, -0.05) is 71.4 Å². The number of aliphatic hydroxyl groups is 1. The Balaban J connectivity index is 1.49. The van der Waals surface area contributed by atoms with Crippen LogP contribution in [0.3, 0.4) is 0 Å². The van der Waals surface area contributed by atoms with E-state index < -0.39 is 23.5 Å². The number of hydrogen-bond acceptors (Lipinski definition) is 9. The highest BCUT2D eigenvalue weighted by Gasteiger charge is 2.46. The van der Waals surface area contributed by atoms with Gasteiger partial charge in [-0.25, -0.2) is 0 Å². The first-order valence-corrected chi connectivity index (χ1v) is 14.4. The minimum Gasteiger partial charge on any atom is -0.503 e. The molecule has 0 fully saturated rings. The molecule has 0 aliphatic carbocycles. The highest BCUT2D eigenvalue weighted by molar-refractivity contribution is 8.00. The summed E-state index contributed by atoms with van der Waals surface area (Å²) in [5.74, 6) is -0.948. The molecule has 8 nitrogen and oxygen atoms in total. The summed E-state index contributed by atoms with van der Waals surface area (Å²) in [6.07, 6.45) is 2.17. The number of aromatic nitrogens is 2. The number of thioether (sulfide) groups is 1. The fraction of sp³-hybridized carbons (Fsp3) is 0.185. The van der Waals surface area contributed by atoms with Crippen LogP contribution in [0.15, 0.2) is 80.9 Å². The molecule has 1 N–H and O–H groups in total. The van der Waals surface area contributed by atoms with E-state index in [0.29, 0.717) is 38.1 Å². The van der Waals surface area contributed by atoms with Gasteiger partial charge in [0.1, 0.15) is 5.75 Å². The van der Waals surface area contributed by atoms with Gasteiger partial charge in [-0.05, 0) is 53.9 Å². The van der Waals surface area contributed by atoms with Gasteiger partial charge in [0, 0.05) is 15.8 Å². The Morgan fingerprint density at radius 3 is 2.77 bits per heavy atom. The van der Waals surface area contributed by atoms with E-state index in [4.69, 9.17) is 32.4 Å². The van der Waals surface area contributed by atoms with Crippen molar-refractivity contribution >= 4 is 63.1 Å². The lowest BCUT2D eigenvalue weighted by atomic mass is 9.95. The molecule has 3 heterocycles. The molecule has 39 heavy (non-hydrogen) atoms. The van der Waals surface area contributed by atoms with Crippen molar-refractivity contribution in [3.63, 3.8) is 0 Å². The van der Waals surface area contributed by atoms with Gasteiger partial charge < -0.3 is 14.3 Å². The quantitative estimate of drug-likeness (QED) is 0.115. The lowest BCUT2D eigenvalue weighted by Crippen LogP contribution is -2.31. The first-order valence-electron chi connectivity index (χ1n) is 11.8. The predicted molar refractivity (Wildman–Crippen MR) is 151 cm³/mol. The van der Waals surface area contributed by atoms with E-state index in [1.807, 2.05) is 13.0 Å². The van der Waals surface area contributed by atoms with Gasteiger partial charge >= 0.3 is 0 Å². The third-order valence-electron chi connectivity index (χ3n) is 5.81. The molecule has 2 aromatic heterocycles. The maximum Gasteiger partial charge on any atom is 0.296 e. The monoisotopic (exact) mass is 601 g/mol. The van der Waals surface area contributed by atoms with Crippen molar-refractivity contribution in [2.45, 2.75) is 29.5 Å². The molecule has 1 atom stereocenters. The van der Waals surface area contributed by atoms with Gasteiger partial charge in [-0.2, -0.15) is 0 Å². The van der Waals surface area contributed by atoms with Crippen molar-refractivity contribution in [2.24, 2.45) is 0 Å². The predicted octanol–water partition coefficient (Wildman–Crippen LogP) is 7.30. The van der Waals surface area contributed by atoms with Crippen LogP contribution in [0.25, 0.3) is 0 Å². The van der Waals surface area contributed by atoms with Crippen LogP contribution in [-0.2, 0) is 10.5 Å². The van der Waals surface area contributed by atoms with Gasteiger partial charge in [0.25, 0.3) is 5.91 Å².